The summed E-state index contributed by atoms with van der Waals surface area (Å²) in [7, 11) is -5.07. The molecule has 0 saturated heterocycles. The van der Waals surface area contributed by atoms with Crippen LogP contribution in [0.5, 0.6) is 0 Å². The first-order chi connectivity index (χ1) is 21.4. The number of rotatable bonds is 24. The zero-order valence-corrected chi connectivity index (χ0v) is 27.5. The maximum atomic E-state index is 12.5. The zero-order chi connectivity index (χ0) is 33.7. The molecular formula is C31H55O13P. The van der Waals surface area contributed by atoms with E-state index in [4.69, 9.17) is 18.5 Å². The predicted octanol–water partition coefficient (Wildman–Crippen LogP) is 3.38. The fourth-order valence-electron chi connectivity index (χ4n) is 4.69. The number of hydrogen-bond acceptors (Lipinski definition) is 12. The van der Waals surface area contributed by atoms with Gasteiger partial charge in [0.15, 0.2) is 6.10 Å². The molecular weight excluding hydrogens is 611 g/mol. The average molecular weight is 667 g/mol. The van der Waals surface area contributed by atoms with Crippen LogP contribution >= 0.6 is 7.82 Å². The first-order valence-corrected chi connectivity index (χ1v) is 17.6. The Kier molecular flexibility index (Phi) is 21.7. The Labute approximate surface area is 266 Å². The fraction of sp³-hybridized carbons (Fsp3) is 0.806. The van der Waals surface area contributed by atoms with E-state index in [9.17, 15) is 44.6 Å². The molecule has 1 saturated carbocycles. The summed E-state index contributed by atoms with van der Waals surface area (Å²) in [4.78, 5) is 33.7. The van der Waals surface area contributed by atoms with Crippen LogP contribution < -0.4 is 0 Å². The summed E-state index contributed by atoms with van der Waals surface area (Å²) in [6.07, 6.45) is 9.71. The number of ether oxygens (including phenoxy) is 2. The van der Waals surface area contributed by atoms with Crippen LogP contribution in [-0.4, -0.2) is 98.3 Å². The summed E-state index contributed by atoms with van der Waals surface area (Å²) in [6.45, 7) is 2.12. The van der Waals surface area contributed by atoms with Gasteiger partial charge in [-0.25, -0.2) is 4.57 Å². The fourth-order valence-corrected chi connectivity index (χ4v) is 5.66. The third-order valence-corrected chi connectivity index (χ3v) is 8.34. The minimum absolute atomic E-state index is 0.0836. The second kappa shape index (κ2) is 23.6. The molecule has 6 atom stereocenters. The Bertz CT molecular complexity index is 911. The smallest absolute Gasteiger partial charge is 0.462 e. The van der Waals surface area contributed by atoms with E-state index in [1.807, 2.05) is 0 Å². The lowest BCUT2D eigenvalue weighted by Crippen LogP contribution is -2.64. The third-order valence-electron chi connectivity index (χ3n) is 7.35. The maximum absolute atomic E-state index is 12.5. The van der Waals surface area contributed by atoms with Gasteiger partial charge < -0.3 is 39.9 Å². The van der Waals surface area contributed by atoms with E-state index >= 15 is 0 Å². The highest BCUT2D eigenvalue weighted by Gasteiger charge is 2.51. The number of allylic oxidation sites excluding steroid dienone is 4. The van der Waals surface area contributed by atoms with E-state index in [1.54, 1.807) is 0 Å². The van der Waals surface area contributed by atoms with E-state index in [-0.39, 0.29) is 6.42 Å². The molecule has 0 heterocycles. The molecule has 45 heavy (non-hydrogen) atoms. The highest BCUT2D eigenvalue weighted by Crippen LogP contribution is 2.47. The second-order valence-electron chi connectivity index (χ2n) is 11.4. The van der Waals surface area contributed by atoms with Gasteiger partial charge >= 0.3 is 19.8 Å². The standard InChI is InChI=1S/C31H55O13P/c1-3-4-5-6-7-8-9-10-11-12-13-14-15-16-17-18-19-20-25(33)43-24(21-41-23(2)32)22-42-45(39,40)44-31-29(37)27(35)26(34)28(36)30(31)38/h7-8,10-11,24,26-31,34-38H,3-6,9,12-22H2,1-2H3,(H,39,40)/b8-7-,11-10-. The first kappa shape index (κ1) is 41.4. The van der Waals surface area contributed by atoms with Crippen molar-refractivity contribution in [1.82, 2.24) is 0 Å². The van der Waals surface area contributed by atoms with Crippen molar-refractivity contribution in [2.24, 2.45) is 0 Å². The highest BCUT2D eigenvalue weighted by molar-refractivity contribution is 7.47. The number of phosphoric ester groups is 1. The number of carbonyl (C=O) groups excluding carboxylic acids is 2. The molecule has 0 bridgehead atoms. The zero-order valence-electron chi connectivity index (χ0n) is 26.7. The number of phosphoric acid groups is 1. The van der Waals surface area contributed by atoms with Crippen molar-refractivity contribution in [2.45, 2.75) is 146 Å². The molecule has 0 aromatic carbocycles. The molecule has 1 fully saturated rings. The van der Waals surface area contributed by atoms with Crippen LogP contribution in [-0.2, 0) is 32.7 Å². The van der Waals surface area contributed by atoms with Gasteiger partial charge in [0.05, 0.1) is 6.61 Å². The Morgan fingerprint density at radius 1 is 0.733 bits per heavy atom. The lowest BCUT2D eigenvalue weighted by molar-refractivity contribution is -0.220. The van der Waals surface area contributed by atoms with E-state index in [0.29, 0.717) is 6.42 Å². The van der Waals surface area contributed by atoms with Crippen molar-refractivity contribution in [3.8, 4) is 0 Å². The summed E-state index contributed by atoms with van der Waals surface area (Å²) >= 11 is 0. The van der Waals surface area contributed by atoms with Crippen molar-refractivity contribution in [3.05, 3.63) is 24.3 Å². The Hall–Kier alpha value is -1.67. The molecule has 1 rings (SSSR count). The second-order valence-corrected chi connectivity index (χ2v) is 12.8. The van der Waals surface area contributed by atoms with E-state index in [1.165, 1.54) is 19.3 Å². The summed E-state index contributed by atoms with van der Waals surface area (Å²) in [5.41, 5.74) is 0. The number of esters is 2. The monoisotopic (exact) mass is 666 g/mol. The van der Waals surface area contributed by atoms with Crippen molar-refractivity contribution in [2.75, 3.05) is 13.2 Å². The quantitative estimate of drug-likeness (QED) is 0.0378. The van der Waals surface area contributed by atoms with Gasteiger partial charge in [0, 0.05) is 13.3 Å². The Morgan fingerprint density at radius 2 is 1.24 bits per heavy atom. The predicted molar refractivity (Wildman–Crippen MR) is 166 cm³/mol. The van der Waals surface area contributed by atoms with Gasteiger partial charge in [-0.15, -0.1) is 0 Å². The Morgan fingerprint density at radius 3 is 1.80 bits per heavy atom. The number of carbonyl (C=O) groups is 2. The van der Waals surface area contributed by atoms with Crippen molar-refractivity contribution < 1.29 is 63.1 Å². The molecule has 0 aromatic heterocycles. The summed E-state index contributed by atoms with van der Waals surface area (Å²) in [5.74, 6) is -1.30. The molecule has 0 radical (unpaired) electrons. The largest absolute Gasteiger partial charge is 0.472 e. The van der Waals surface area contributed by atoms with Gasteiger partial charge in [-0.05, 0) is 38.5 Å². The van der Waals surface area contributed by atoms with Crippen LogP contribution in [0.4, 0.5) is 0 Å². The van der Waals surface area contributed by atoms with Crippen LogP contribution in [0.15, 0.2) is 24.3 Å². The van der Waals surface area contributed by atoms with Crippen molar-refractivity contribution >= 4 is 19.8 Å². The van der Waals surface area contributed by atoms with Gasteiger partial charge in [-0.3, -0.25) is 18.6 Å². The summed E-state index contributed by atoms with van der Waals surface area (Å²) in [5, 5.41) is 49.2. The third kappa shape index (κ3) is 18.3. The van der Waals surface area contributed by atoms with Gasteiger partial charge in [-0.1, -0.05) is 76.2 Å². The van der Waals surface area contributed by atoms with Crippen LogP contribution in [0, 0.1) is 0 Å². The molecule has 262 valence electrons. The lowest BCUT2D eigenvalue weighted by atomic mass is 9.85. The van der Waals surface area contributed by atoms with E-state index in [2.05, 4.69) is 31.2 Å². The van der Waals surface area contributed by atoms with E-state index in [0.717, 1.165) is 64.7 Å². The molecule has 1 aliphatic rings. The van der Waals surface area contributed by atoms with Crippen molar-refractivity contribution in [1.29, 1.82) is 0 Å². The number of hydrogen-bond donors (Lipinski definition) is 6. The SMILES string of the molecule is CCCCC/C=C\C/C=C\CCCCCCCCCC(=O)OC(COC(C)=O)COP(=O)(O)OC1C(O)C(O)C(O)C(O)C1O. The molecule has 0 spiro atoms. The minimum atomic E-state index is -5.07. The topological polar surface area (TPSA) is 210 Å². The summed E-state index contributed by atoms with van der Waals surface area (Å²) in [6, 6.07) is 0. The molecule has 6 N–H and O–H groups in total. The highest BCUT2D eigenvalue weighted by atomic mass is 31.2. The molecule has 13 nitrogen and oxygen atoms in total. The van der Waals surface area contributed by atoms with Crippen LogP contribution in [0.1, 0.15) is 104 Å². The van der Waals surface area contributed by atoms with Crippen LogP contribution in [0.25, 0.3) is 0 Å². The minimum Gasteiger partial charge on any atom is -0.462 e. The van der Waals surface area contributed by atoms with Gasteiger partial charge in [0.2, 0.25) is 0 Å². The maximum Gasteiger partial charge on any atom is 0.472 e. The van der Waals surface area contributed by atoms with Gasteiger partial charge in [0.1, 0.15) is 43.2 Å². The molecule has 0 amide bonds. The molecule has 0 aromatic rings. The normalized spacial score (nSPS) is 25.8. The van der Waals surface area contributed by atoms with Gasteiger partial charge in [-0.2, -0.15) is 0 Å². The molecule has 1 aliphatic carbocycles. The molecule has 6 unspecified atom stereocenters. The van der Waals surface area contributed by atoms with E-state index < -0.39 is 75.7 Å². The Balaban J connectivity index is 2.31. The first-order valence-electron chi connectivity index (χ1n) is 16.1. The van der Waals surface area contributed by atoms with Crippen molar-refractivity contribution in [3.63, 3.8) is 0 Å². The number of aliphatic hydroxyl groups is 5. The average Bonchev–Trinajstić information content (AvgIpc) is 3.00. The number of aliphatic hydroxyl groups excluding tert-OH is 5. The van der Waals surface area contributed by atoms with Crippen LogP contribution in [0.3, 0.4) is 0 Å². The molecule has 0 aliphatic heterocycles. The lowest BCUT2D eigenvalue weighted by Gasteiger charge is -2.41. The number of unbranched alkanes of at least 4 members (excludes halogenated alkanes) is 10. The van der Waals surface area contributed by atoms with Gasteiger partial charge in [0.25, 0.3) is 0 Å². The molecule has 14 heteroatoms. The summed E-state index contributed by atoms with van der Waals surface area (Å²) < 4.78 is 32.1. The van der Waals surface area contributed by atoms with Crippen LogP contribution in [0.2, 0.25) is 0 Å².